The van der Waals surface area contributed by atoms with Crippen LogP contribution < -0.4 is 5.73 Å². The molecule has 1 fully saturated rings. The SMILES string of the molecule is CC1(C)CN(Cc2ccc(C(F)(F)F)cc2)CCC1N.Cl. The topological polar surface area (TPSA) is 29.3 Å². The van der Waals surface area contributed by atoms with Crippen molar-refractivity contribution in [3.05, 3.63) is 35.4 Å². The lowest BCUT2D eigenvalue weighted by atomic mass is 9.79. The summed E-state index contributed by atoms with van der Waals surface area (Å²) < 4.78 is 37.5. The predicted molar refractivity (Wildman–Crippen MR) is 80.3 cm³/mol. The fourth-order valence-electron chi connectivity index (χ4n) is 2.68. The Hall–Kier alpha value is -0.780. The highest BCUT2D eigenvalue weighted by Gasteiger charge is 2.33. The van der Waals surface area contributed by atoms with Gasteiger partial charge in [-0.3, -0.25) is 4.90 Å². The zero-order chi connectivity index (χ0) is 15.0. The van der Waals surface area contributed by atoms with Crippen molar-refractivity contribution >= 4 is 12.4 Å². The molecule has 120 valence electrons. The molecule has 1 aromatic rings. The van der Waals surface area contributed by atoms with E-state index in [0.717, 1.165) is 37.2 Å². The molecule has 2 N–H and O–H groups in total. The number of halogens is 4. The quantitative estimate of drug-likeness (QED) is 0.900. The number of piperidine rings is 1. The Balaban J connectivity index is 0.00000220. The van der Waals surface area contributed by atoms with Crippen LogP contribution in [-0.2, 0) is 12.7 Å². The number of hydrogen-bond donors (Lipinski definition) is 1. The van der Waals surface area contributed by atoms with Crippen LogP contribution in [0.4, 0.5) is 13.2 Å². The Bertz CT molecular complexity index is 457. The molecule has 6 heteroatoms. The number of likely N-dealkylation sites (tertiary alicyclic amines) is 1. The monoisotopic (exact) mass is 322 g/mol. The second-order valence-corrected chi connectivity index (χ2v) is 6.29. The third-order valence-electron chi connectivity index (χ3n) is 4.08. The highest BCUT2D eigenvalue weighted by atomic mass is 35.5. The summed E-state index contributed by atoms with van der Waals surface area (Å²) in [5.41, 5.74) is 6.44. The zero-order valence-electron chi connectivity index (χ0n) is 12.3. The molecular weight excluding hydrogens is 301 g/mol. The Morgan fingerprint density at radius 1 is 1.24 bits per heavy atom. The van der Waals surface area contributed by atoms with Crippen molar-refractivity contribution in [1.82, 2.24) is 4.90 Å². The fourth-order valence-corrected chi connectivity index (χ4v) is 2.68. The van der Waals surface area contributed by atoms with Crippen LogP contribution in [0.2, 0.25) is 0 Å². The van der Waals surface area contributed by atoms with E-state index < -0.39 is 11.7 Å². The molecule has 0 bridgehead atoms. The van der Waals surface area contributed by atoms with Gasteiger partial charge in [0.1, 0.15) is 0 Å². The Morgan fingerprint density at radius 2 is 1.81 bits per heavy atom. The summed E-state index contributed by atoms with van der Waals surface area (Å²) in [6.07, 6.45) is -3.34. The minimum Gasteiger partial charge on any atom is -0.327 e. The number of nitrogens with zero attached hydrogens (tertiary/aromatic N) is 1. The highest BCUT2D eigenvalue weighted by Crippen LogP contribution is 2.31. The zero-order valence-corrected chi connectivity index (χ0v) is 13.1. The van der Waals surface area contributed by atoms with Crippen molar-refractivity contribution in [2.45, 2.75) is 39.0 Å². The van der Waals surface area contributed by atoms with Gasteiger partial charge in [0.2, 0.25) is 0 Å². The third-order valence-corrected chi connectivity index (χ3v) is 4.08. The molecule has 1 saturated heterocycles. The van der Waals surface area contributed by atoms with Gasteiger partial charge < -0.3 is 5.73 Å². The van der Waals surface area contributed by atoms with Crippen LogP contribution in [0.15, 0.2) is 24.3 Å². The molecule has 1 aromatic carbocycles. The molecule has 2 rings (SSSR count). The maximum Gasteiger partial charge on any atom is 0.416 e. The number of rotatable bonds is 2. The van der Waals surface area contributed by atoms with Crippen molar-refractivity contribution in [3.63, 3.8) is 0 Å². The van der Waals surface area contributed by atoms with Gasteiger partial charge in [-0.2, -0.15) is 13.2 Å². The lowest BCUT2D eigenvalue weighted by Crippen LogP contribution is -2.52. The van der Waals surface area contributed by atoms with E-state index in [1.54, 1.807) is 12.1 Å². The lowest BCUT2D eigenvalue weighted by Gasteiger charge is -2.42. The van der Waals surface area contributed by atoms with Crippen LogP contribution in [-0.4, -0.2) is 24.0 Å². The summed E-state index contributed by atoms with van der Waals surface area (Å²) in [6, 6.07) is 5.60. The van der Waals surface area contributed by atoms with E-state index >= 15 is 0 Å². The van der Waals surface area contributed by atoms with Crippen LogP contribution in [0, 0.1) is 5.41 Å². The van der Waals surface area contributed by atoms with Crippen LogP contribution in [0.3, 0.4) is 0 Å². The van der Waals surface area contributed by atoms with E-state index in [2.05, 4.69) is 18.7 Å². The summed E-state index contributed by atoms with van der Waals surface area (Å²) in [7, 11) is 0. The largest absolute Gasteiger partial charge is 0.416 e. The summed E-state index contributed by atoms with van der Waals surface area (Å²) in [4.78, 5) is 2.26. The molecular formula is C15H22ClF3N2. The van der Waals surface area contributed by atoms with Crippen molar-refractivity contribution in [3.8, 4) is 0 Å². The molecule has 0 aromatic heterocycles. The molecule has 1 aliphatic rings. The van der Waals surface area contributed by atoms with E-state index in [1.165, 1.54) is 0 Å². The van der Waals surface area contributed by atoms with Crippen LogP contribution in [0.1, 0.15) is 31.4 Å². The van der Waals surface area contributed by atoms with Gasteiger partial charge in [0.25, 0.3) is 0 Å². The normalized spacial score (nSPS) is 22.7. The Morgan fingerprint density at radius 3 is 2.29 bits per heavy atom. The van der Waals surface area contributed by atoms with E-state index in [1.807, 2.05) is 0 Å². The standard InChI is InChI=1S/C15H21F3N2.ClH/c1-14(2)10-20(8-7-13(14)19)9-11-3-5-12(6-4-11)15(16,17)18;/h3-6,13H,7-10,19H2,1-2H3;1H. The van der Waals surface area contributed by atoms with E-state index in [-0.39, 0.29) is 23.9 Å². The molecule has 2 nitrogen and oxygen atoms in total. The Labute approximate surface area is 129 Å². The lowest BCUT2D eigenvalue weighted by molar-refractivity contribution is -0.137. The predicted octanol–water partition coefficient (Wildman–Crippen LogP) is 3.69. The maximum absolute atomic E-state index is 12.5. The van der Waals surface area contributed by atoms with Crippen LogP contribution in [0.25, 0.3) is 0 Å². The van der Waals surface area contributed by atoms with E-state index in [4.69, 9.17) is 5.73 Å². The first-order valence-corrected chi connectivity index (χ1v) is 6.82. The number of alkyl halides is 3. The molecule has 0 amide bonds. The van der Waals surface area contributed by atoms with Crippen molar-refractivity contribution in [2.75, 3.05) is 13.1 Å². The fraction of sp³-hybridized carbons (Fsp3) is 0.600. The molecule has 1 heterocycles. The second-order valence-electron chi connectivity index (χ2n) is 6.29. The maximum atomic E-state index is 12.5. The Kier molecular flexibility index (Phi) is 5.69. The molecule has 0 radical (unpaired) electrons. The van der Waals surface area contributed by atoms with E-state index in [0.29, 0.717) is 6.54 Å². The molecule has 0 aliphatic carbocycles. The number of hydrogen-bond acceptors (Lipinski definition) is 2. The first-order chi connectivity index (χ1) is 9.18. The van der Waals surface area contributed by atoms with Gasteiger partial charge in [-0.25, -0.2) is 0 Å². The van der Waals surface area contributed by atoms with Crippen LogP contribution >= 0.6 is 12.4 Å². The number of nitrogens with two attached hydrogens (primary N) is 1. The second kappa shape index (κ2) is 6.55. The molecule has 1 unspecified atom stereocenters. The van der Waals surface area contributed by atoms with E-state index in [9.17, 15) is 13.2 Å². The van der Waals surface area contributed by atoms with Gasteiger partial charge in [0, 0.05) is 25.7 Å². The average molecular weight is 323 g/mol. The smallest absolute Gasteiger partial charge is 0.327 e. The molecule has 1 aliphatic heterocycles. The minimum atomic E-state index is -4.27. The minimum absolute atomic E-state index is 0. The van der Waals surface area contributed by atoms with Gasteiger partial charge >= 0.3 is 6.18 Å². The number of benzene rings is 1. The molecule has 0 saturated carbocycles. The van der Waals surface area contributed by atoms with Crippen molar-refractivity contribution < 1.29 is 13.2 Å². The molecule has 21 heavy (non-hydrogen) atoms. The summed E-state index contributed by atoms with van der Waals surface area (Å²) in [5, 5.41) is 0. The van der Waals surface area contributed by atoms with Gasteiger partial charge in [0.15, 0.2) is 0 Å². The van der Waals surface area contributed by atoms with Crippen LogP contribution in [0.5, 0.6) is 0 Å². The first kappa shape index (κ1) is 18.3. The van der Waals surface area contributed by atoms with Gasteiger partial charge in [-0.1, -0.05) is 26.0 Å². The van der Waals surface area contributed by atoms with Crippen molar-refractivity contribution in [2.24, 2.45) is 11.1 Å². The molecule has 0 spiro atoms. The van der Waals surface area contributed by atoms with Gasteiger partial charge in [-0.05, 0) is 29.5 Å². The average Bonchev–Trinajstić information content (AvgIpc) is 2.33. The van der Waals surface area contributed by atoms with Crippen molar-refractivity contribution in [1.29, 1.82) is 0 Å². The molecule has 1 atom stereocenters. The summed E-state index contributed by atoms with van der Waals surface area (Å²) >= 11 is 0. The summed E-state index contributed by atoms with van der Waals surface area (Å²) in [5.74, 6) is 0. The summed E-state index contributed by atoms with van der Waals surface area (Å²) in [6.45, 7) is 6.71. The first-order valence-electron chi connectivity index (χ1n) is 6.82. The highest BCUT2D eigenvalue weighted by molar-refractivity contribution is 5.85. The van der Waals surface area contributed by atoms with Gasteiger partial charge in [0.05, 0.1) is 5.56 Å². The van der Waals surface area contributed by atoms with Gasteiger partial charge in [-0.15, -0.1) is 12.4 Å². The third kappa shape index (κ3) is 4.59.